The van der Waals surface area contributed by atoms with Gasteiger partial charge in [-0.2, -0.15) is 0 Å². The van der Waals surface area contributed by atoms with Crippen molar-refractivity contribution in [3.63, 3.8) is 0 Å². The van der Waals surface area contributed by atoms with Crippen LogP contribution in [0, 0.1) is 3.57 Å². The molecule has 0 saturated carbocycles. The summed E-state index contributed by atoms with van der Waals surface area (Å²) in [5.41, 5.74) is 10.6. The molecule has 5 aliphatic heterocycles. The van der Waals surface area contributed by atoms with E-state index in [-0.39, 0.29) is 6.71 Å². The van der Waals surface area contributed by atoms with Crippen molar-refractivity contribution in [2.75, 3.05) is 0 Å². The Morgan fingerprint density at radius 1 is 0.914 bits per heavy atom. The number of nitrogens with zero attached hydrogens (tertiary/aromatic N) is 2. The van der Waals surface area contributed by atoms with E-state index in [1.54, 1.807) is 0 Å². The van der Waals surface area contributed by atoms with Gasteiger partial charge >= 0.3 is 216 Å². The van der Waals surface area contributed by atoms with Gasteiger partial charge in [-0.1, -0.05) is 0 Å². The molecule has 0 N–H and O–H groups in total. The standard InChI is InChI=1S/C25H15B5FIN2P/c31-32(33-35-29-26-30(35)27-29)20-9-5-11-22-23(20)17-13-12-16-14-15-6-1-2-7-18(15)28-19-8-3-4-10-21(19)34(22)25(17)24(16)28/h1-13H,14H2. The maximum atomic E-state index is 16.0. The monoisotopic (exact) mass is 575 g/mol. The number of rotatable bonds is 2. The van der Waals surface area contributed by atoms with Crippen molar-refractivity contribution >= 4 is 99.6 Å². The van der Waals surface area contributed by atoms with E-state index in [2.05, 4.69) is 85.4 Å². The van der Waals surface area contributed by atoms with Gasteiger partial charge in [-0.25, -0.2) is 0 Å². The Balaban J connectivity index is 1.39. The SMILES string of the molecule is FI(N=[P+]1B2[B]B1[B-]2)c1cccc2c1c1ccc3c4c1n2-c1ccccc1B4c1ccccc1C3. The van der Waals surface area contributed by atoms with Crippen LogP contribution in [0.2, 0.25) is 0 Å². The summed E-state index contributed by atoms with van der Waals surface area (Å²) < 4.78 is 24.1. The molecule has 3 saturated heterocycles. The summed E-state index contributed by atoms with van der Waals surface area (Å²) >= 11 is -3.11. The third-order valence-electron chi connectivity index (χ3n) is 8.28. The molecule has 5 aliphatic rings. The van der Waals surface area contributed by atoms with Crippen LogP contribution < -0.4 is 16.4 Å². The first-order chi connectivity index (χ1) is 17.3. The number of benzene rings is 4. The average molecular weight is 574 g/mol. The van der Waals surface area contributed by atoms with Crippen molar-refractivity contribution in [2.24, 2.45) is 2.96 Å². The summed E-state index contributed by atoms with van der Waals surface area (Å²) in [5, 5.41) is 2.28. The van der Waals surface area contributed by atoms with Crippen LogP contribution in [0.4, 0.5) is 2.86 Å². The van der Waals surface area contributed by atoms with Crippen molar-refractivity contribution in [2.45, 2.75) is 6.42 Å². The molecule has 5 aromatic rings. The van der Waals surface area contributed by atoms with E-state index in [0.717, 1.165) is 20.9 Å². The molecule has 10 heteroatoms. The van der Waals surface area contributed by atoms with Crippen LogP contribution in [0.5, 0.6) is 0 Å². The summed E-state index contributed by atoms with van der Waals surface area (Å²) in [7, 11) is 4.14. The molecule has 6 heterocycles. The van der Waals surface area contributed by atoms with E-state index in [9.17, 15) is 0 Å². The minimum atomic E-state index is -3.11. The topological polar surface area (TPSA) is 17.3 Å². The van der Waals surface area contributed by atoms with Crippen LogP contribution in [-0.2, 0) is 6.42 Å². The van der Waals surface area contributed by atoms with Crippen molar-refractivity contribution in [1.82, 2.24) is 4.57 Å². The Morgan fingerprint density at radius 2 is 1.71 bits per heavy atom. The molecule has 3 radical (unpaired) electrons. The van der Waals surface area contributed by atoms with Gasteiger partial charge in [-0.15, -0.1) is 0 Å². The van der Waals surface area contributed by atoms with E-state index in [0.29, 0.717) is 12.4 Å². The second-order valence-electron chi connectivity index (χ2n) is 9.91. The molecule has 35 heavy (non-hydrogen) atoms. The number of halogens is 2. The fourth-order valence-corrected chi connectivity index (χ4v) is 13.5. The van der Waals surface area contributed by atoms with Gasteiger partial charge in [0.2, 0.25) is 0 Å². The third-order valence-corrected chi connectivity index (χ3v) is 15.0. The van der Waals surface area contributed by atoms with E-state index in [4.69, 9.17) is 2.96 Å². The third kappa shape index (κ3) is 2.47. The van der Waals surface area contributed by atoms with Gasteiger partial charge in [0.05, 0.1) is 0 Å². The number of hydrogen-bond donors (Lipinski definition) is 0. The molecular formula is C25H15B5FIN2P. The molecule has 10 rings (SSSR count). The van der Waals surface area contributed by atoms with Crippen LogP contribution in [0.25, 0.3) is 27.5 Å². The molecule has 4 aromatic carbocycles. The molecule has 0 unspecified atom stereocenters. The van der Waals surface area contributed by atoms with Gasteiger partial charge in [0.25, 0.3) is 0 Å². The Hall–Kier alpha value is -2.24. The van der Waals surface area contributed by atoms with Gasteiger partial charge < -0.3 is 0 Å². The van der Waals surface area contributed by atoms with E-state index in [1.807, 2.05) is 12.1 Å². The van der Waals surface area contributed by atoms with E-state index in [1.165, 1.54) is 44.1 Å². The Labute approximate surface area is 214 Å². The van der Waals surface area contributed by atoms with Gasteiger partial charge in [-0.3, -0.25) is 0 Å². The summed E-state index contributed by atoms with van der Waals surface area (Å²) in [4.78, 5) is 0. The van der Waals surface area contributed by atoms with Gasteiger partial charge in [0, 0.05) is 0 Å². The summed E-state index contributed by atoms with van der Waals surface area (Å²) in [5.74, 6) is 0. The van der Waals surface area contributed by atoms with Crippen LogP contribution in [-0.4, -0.2) is 37.8 Å². The van der Waals surface area contributed by atoms with Gasteiger partial charge in [0.15, 0.2) is 0 Å². The van der Waals surface area contributed by atoms with E-state index >= 15 is 2.86 Å². The van der Waals surface area contributed by atoms with Crippen molar-refractivity contribution < 1.29 is 2.86 Å². The molecule has 0 amide bonds. The maximum absolute atomic E-state index is 16.0. The fourth-order valence-electron chi connectivity index (χ4n) is 6.58. The van der Waals surface area contributed by atoms with Crippen LogP contribution in [0.3, 0.4) is 0 Å². The Kier molecular flexibility index (Phi) is 3.95. The predicted molar refractivity (Wildman–Crippen MR) is 161 cm³/mol. The first-order valence-corrected chi connectivity index (χ1v) is 16.4. The van der Waals surface area contributed by atoms with Crippen LogP contribution in [0.15, 0.2) is 81.8 Å². The number of hydrogen-bond acceptors (Lipinski definition) is 1. The van der Waals surface area contributed by atoms with Crippen LogP contribution in [0.1, 0.15) is 11.1 Å². The number of aromatic nitrogens is 1. The van der Waals surface area contributed by atoms with E-state index < -0.39 is 28.1 Å². The summed E-state index contributed by atoms with van der Waals surface area (Å²) in [6, 6.07) is 28.5. The zero-order valence-corrected chi connectivity index (χ0v) is 21.7. The molecule has 0 spiro atoms. The molecule has 0 atom stereocenters. The predicted octanol–water partition coefficient (Wildman–Crippen LogP) is 4.06. The van der Waals surface area contributed by atoms with Crippen molar-refractivity contribution in [3.05, 3.63) is 93.6 Å². The van der Waals surface area contributed by atoms with Crippen LogP contribution >= 0.6 is 28.1 Å². The molecule has 0 aliphatic carbocycles. The molecule has 159 valence electrons. The second kappa shape index (κ2) is 6.95. The molecule has 3 fully saturated rings. The van der Waals surface area contributed by atoms with Gasteiger partial charge in [0.1, 0.15) is 0 Å². The first kappa shape index (κ1) is 19.9. The average Bonchev–Trinajstić information content (AvgIpc) is 3.20. The summed E-state index contributed by atoms with van der Waals surface area (Å²) in [6.45, 7) is 0.219. The Bertz CT molecular complexity index is 1790. The number of fused-ring (bicyclic) bond motifs is 8. The molecule has 2 bridgehead atoms. The molecule has 1 aromatic heterocycles. The summed E-state index contributed by atoms with van der Waals surface area (Å²) in [6.07, 6.45) is 1.91. The Morgan fingerprint density at radius 3 is 2.54 bits per heavy atom. The number of para-hydroxylation sites is 1. The molecule has 2 nitrogen and oxygen atoms in total. The zero-order valence-electron chi connectivity index (χ0n) is 18.7. The normalized spacial score (nSPS) is 16.4. The minimum absolute atomic E-state index is 0.219. The first-order valence-electron chi connectivity index (χ1n) is 12.1. The quantitative estimate of drug-likeness (QED) is 0.169. The van der Waals surface area contributed by atoms with Crippen molar-refractivity contribution in [3.8, 4) is 5.69 Å². The fraction of sp³-hybridized carbons (Fsp3) is 0.0400. The van der Waals surface area contributed by atoms with Gasteiger partial charge in [-0.05, 0) is 0 Å². The van der Waals surface area contributed by atoms with Crippen molar-refractivity contribution in [1.29, 1.82) is 0 Å². The second-order valence-corrected chi connectivity index (χ2v) is 15.7. The zero-order chi connectivity index (χ0) is 22.8. The molecular weight excluding hydrogens is 559 g/mol.